The number of para-hydroxylation sites is 1. The average Bonchev–Trinajstić information content (AvgIpc) is 2.78. The SMILES string of the molecule is CCCCN(CCC)C1COc2ccccc21. The van der Waals surface area contributed by atoms with Crippen molar-refractivity contribution >= 4 is 0 Å². The zero-order valence-corrected chi connectivity index (χ0v) is 11.0. The zero-order valence-electron chi connectivity index (χ0n) is 11.0. The summed E-state index contributed by atoms with van der Waals surface area (Å²) in [5, 5.41) is 0. The zero-order chi connectivity index (χ0) is 12.1. The van der Waals surface area contributed by atoms with Gasteiger partial charge < -0.3 is 4.74 Å². The van der Waals surface area contributed by atoms with Crippen LogP contribution < -0.4 is 4.74 Å². The lowest BCUT2D eigenvalue weighted by molar-refractivity contribution is 0.161. The third kappa shape index (κ3) is 2.81. The first-order valence-electron chi connectivity index (χ1n) is 6.82. The molecule has 0 fully saturated rings. The molecular formula is C15H23NO. The van der Waals surface area contributed by atoms with Gasteiger partial charge in [0.1, 0.15) is 12.4 Å². The Bertz CT molecular complexity index is 351. The summed E-state index contributed by atoms with van der Waals surface area (Å²) in [7, 11) is 0. The van der Waals surface area contributed by atoms with Crippen molar-refractivity contribution in [3.8, 4) is 5.75 Å². The number of nitrogens with zero attached hydrogens (tertiary/aromatic N) is 1. The molecular weight excluding hydrogens is 210 g/mol. The molecule has 1 heterocycles. The van der Waals surface area contributed by atoms with Crippen LogP contribution in [0.2, 0.25) is 0 Å². The topological polar surface area (TPSA) is 12.5 Å². The van der Waals surface area contributed by atoms with E-state index in [2.05, 4.69) is 43.0 Å². The van der Waals surface area contributed by atoms with Gasteiger partial charge in [-0.3, -0.25) is 4.90 Å². The molecule has 0 radical (unpaired) electrons. The van der Waals surface area contributed by atoms with Crippen LogP contribution in [0.3, 0.4) is 0 Å². The van der Waals surface area contributed by atoms with Gasteiger partial charge in [0.2, 0.25) is 0 Å². The molecule has 2 rings (SSSR count). The number of unbranched alkanes of at least 4 members (excludes halogenated alkanes) is 1. The molecule has 1 atom stereocenters. The van der Waals surface area contributed by atoms with Gasteiger partial charge in [-0.05, 0) is 32.0 Å². The number of benzene rings is 1. The Morgan fingerprint density at radius 2 is 2.00 bits per heavy atom. The molecule has 94 valence electrons. The summed E-state index contributed by atoms with van der Waals surface area (Å²) in [4.78, 5) is 2.58. The molecule has 0 aliphatic carbocycles. The lowest BCUT2D eigenvalue weighted by atomic mass is 10.1. The molecule has 0 saturated carbocycles. The van der Waals surface area contributed by atoms with Crippen LogP contribution in [-0.2, 0) is 0 Å². The van der Waals surface area contributed by atoms with Gasteiger partial charge in [-0.2, -0.15) is 0 Å². The van der Waals surface area contributed by atoms with E-state index in [0.29, 0.717) is 6.04 Å². The number of ether oxygens (including phenoxy) is 1. The van der Waals surface area contributed by atoms with Gasteiger partial charge in [0.15, 0.2) is 0 Å². The van der Waals surface area contributed by atoms with Crippen molar-refractivity contribution in [2.45, 2.75) is 39.2 Å². The Labute approximate surface area is 105 Å². The van der Waals surface area contributed by atoms with E-state index in [1.807, 2.05) is 0 Å². The Morgan fingerprint density at radius 3 is 2.76 bits per heavy atom. The highest BCUT2D eigenvalue weighted by Gasteiger charge is 2.28. The summed E-state index contributed by atoms with van der Waals surface area (Å²) >= 11 is 0. The van der Waals surface area contributed by atoms with Crippen LogP contribution in [0.15, 0.2) is 24.3 Å². The monoisotopic (exact) mass is 233 g/mol. The number of rotatable bonds is 6. The maximum absolute atomic E-state index is 5.78. The Hall–Kier alpha value is -1.02. The van der Waals surface area contributed by atoms with Gasteiger partial charge in [0, 0.05) is 5.56 Å². The molecule has 1 aliphatic heterocycles. The van der Waals surface area contributed by atoms with E-state index in [4.69, 9.17) is 4.74 Å². The normalized spacial score (nSPS) is 18.2. The van der Waals surface area contributed by atoms with Crippen molar-refractivity contribution in [2.75, 3.05) is 19.7 Å². The Morgan fingerprint density at radius 1 is 1.18 bits per heavy atom. The molecule has 17 heavy (non-hydrogen) atoms. The lowest BCUT2D eigenvalue weighted by Crippen LogP contribution is -2.31. The minimum absolute atomic E-state index is 0.470. The Balaban J connectivity index is 2.09. The van der Waals surface area contributed by atoms with Gasteiger partial charge in [0.05, 0.1) is 6.04 Å². The van der Waals surface area contributed by atoms with E-state index >= 15 is 0 Å². The summed E-state index contributed by atoms with van der Waals surface area (Å²) in [6, 6.07) is 8.93. The summed E-state index contributed by atoms with van der Waals surface area (Å²) in [6.07, 6.45) is 3.75. The van der Waals surface area contributed by atoms with Crippen molar-refractivity contribution in [2.24, 2.45) is 0 Å². The van der Waals surface area contributed by atoms with Crippen molar-refractivity contribution in [1.82, 2.24) is 4.90 Å². The highest BCUT2D eigenvalue weighted by molar-refractivity contribution is 5.39. The van der Waals surface area contributed by atoms with Crippen LogP contribution in [-0.4, -0.2) is 24.6 Å². The van der Waals surface area contributed by atoms with Gasteiger partial charge in [-0.15, -0.1) is 0 Å². The van der Waals surface area contributed by atoms with Crippen LogP contribution in [0, 0.1) is 0 Å². The van der Waals surface area contributed by atoms with Gasteiger partial charge >= 0.3 is 0 Å². The van der Waals surface area contributed by atoms with Crippen molar-refractivity contribution < 1.29 is 4.74 Å². The van der Waals surface area contributed by atoms with Crippen molar-refractivity contribution in [3.05, 3.63) is 29.8 Å². The van der Waals surface area contributed by atoms with Crippen LogP contribution >= 0.6 is 0 Å². The molecule has 0 spiro atoms. The molecule has 1 aromatic carbocycles. The molecule has 2 heteroatoms. The van der Waals surface area contributed by atoms with Crippen LogP contribution in [0.25, 0.3) is 0 Å². The summed E-state index contributed by atoms with van der Waals surface area (Å²) in [6.45, 7) is 7.68. The minimum atomic E-state index is 0.470. The highest BCUT2D eigenvalue weighted by Crippen LogP contribution is 2.35. The predicted molar refractivity (Wildman–Crippen MR) is 71.5 cm³/mol. The van der Waals surface area contributed by atoms with Gasteiger partial charge in [-0.25, -0.2) is 0 Å². The first-order valence-corrected chi connectivity index (χ1v) is 6.82. The first-order chi connectivity index (χ1) is 8.36. The average molecular weight is 233 g/mol. The van der Waals surface area contributed by atoms with E-state index in [9.17, 15) is 0 Å². The second-order valence-corrected chi connectivity index (χ2v) is 4.75. The first kappa shape index (κ1) is 12.4. The Kier molecular flexibility index (Phi) is 4.43. The smallest absolute Gasteiger partial charge is 0.124 e. The quantitative estimate of drug-likeness (QED) is 0.744. The van der Waals surface area contributed by atoms with E-state index < -0.39 is 0 Å². The molecule has 1 aromatic rings. The fourth-order valence-electron chi connectivity index (χ4n) is 2.52. The molecule has 1 unspecified atom stereocenters. The van der Waals surface area contributed by atoms with Crippen molar-refractivity contribution in [1.29, 1.82) is 0 Å². The fourth-order valence-corrected chi connectivity index (χ4v) is 2.52. The van der Waals surface area contributed by atoms with E-state index in [1.54, 1.807) is 0 Å². The fraction of sp³-hybridized carbons (Fsp3) is 0.600. The highest BCUT2D eigenvalue weighted by atomic mass is 16.5. The largest absolute Gasteiger partial charge is 0.491 e. The van der Waals surface area contributed by atoms with Crippen LogP contribution in [0.1, 0.15) is 44.7 Å². The maximum Gasteiger partial charge on any atom is 0.124 e. The summed E-state index contributed by atoms with van der Waals surface area (Å²) < 4.78 is 5.78. The molecule has 0 saturated heterocycles. The van der Waals surface area contributed by atoms with Crippen LogP contribution in [0.4, 0.5) is 0 Å². The van der Waals surface area contributed by atoms with E-state index in [1.165, 1.54) is 37.9 Å². The molecule has 0 N–H and O–H groups in total. The second kappa shape index (κ2) is 6.06. The molecule has 0 aromatic heterocycles. The third-order valence-corrected chi connectivity index (χ3v) is 3.43. The molecule has 0 bridgehead atoms. The van der Waals surface area contributed by atoms with Crippen molar-refractivity contribution in [3.63, 3.8) is 0 Å². The number of hydrogen-bond acceptors (Lipinski definition) is 2. The van der Waals surface area contributed by atoms with Crippen LogP contribution in [0.5, 0.6) is 5.75 Å². The third-order valence-electron chi connectivity index (χ3n) is 3.43. The summed E-state index contributed by atoms with van der Waals surface area (Å²) in [5.74, 6) is 1.08. The maximum atomic E-state index is 5.78. The van der Waals surface area contributed by atoms with Gasteiger partial charge in [0.25, 0.3) is 0 Å². The number of hydrogen-bond donors (Lipinski definition) is 0. The van der Waals surface area contributed by atoms with Gasteiger partial charge in [-0.1, -0.05) is 38.5 Å². The second-order valence-electron chi connectivity index (χ2n) is 4.75. The van der Waals surface area contributed by atoms with E-state index in [-0.39, 0.29) is 0 Å². The molecule has 1 aliphatic rings. The predicted octanol–water partition coefficient (Wildman–Crippen LogP) is 3.63. The minimum Gasteiger partial charge on any atom is -0.491 e. The molecule has 0 amide bonds. The number of fused-ring (bicyclic) bond motifs is 1. The summed E-state index contributed by atoms with van der Waals surface area (Å²) in [5.41, 5.74) is 1.37. The molecule has 2 nitrogen and oxygen atoms in total. The standard InChI is InChI=1S/C15H23NO/c1-3-5-11-16(10-4-2)14-12-17-15-9-7-6-8-13(14)15/h6-9,14H,3-5,10-12H2,1-2H3. The van der Waals surface area contributed by atoms with E-state index in [0.717, 1.165) is 12.4 Å². The lowest BCUT2D eigenvalue weighted by Gasteiger charge is -2.27.